The van der Waals surface area contributed by atoms with Gasteiger partial charge in [0.2, 0.25) is 0 Å². The van der Waals surface area contributed by atoms with Crippen molar-refractivity contribution in [3.63, 3.8) is 0 Å². The lowest BCUT2D eigenvalue weighted by Gasteiger charge is -2.36. The average molecular weight is 311 g/mol. The quantitative estimate of drug-likeness (QED) is 0.344. The van der Waals surface area contributed by atoms with Gasteiger partial charge in [0, 0.05) is 0 Å². The molecule has 0 heterocycles. The zero-order chi connectivity index (χ0) is 14.1. The van der Waals surface area contributed by atoms with Gasteiger partial charge in [0.05, 0.1) is 11.4 Å². The minimum absolute atomic E-state index is 0.0695. The Morgan fingerprint density at radius 3 is 2.60 bits per heavy atom. The molecule has 0 N–H and O–H groups in total. The Hall–Kier alpha value is -0.283. The van der Waals surface area contributed by atoms with Crippen LogP contribution in [0, 0.1) is 41.4 Å². The summed E-state index contributed by atoms with van der Waals surface area (Å²) in [6.45, 7) is 4.07. The number of halogens is 1. The third-order valence-corrected chi connectivity index (χ3v) is 9.60. The van der Waals surface area contributed by atoms with Crippen LogP contribution in [0.25, 0.3) is 0 Å². The van der Waals surface area contributed by atoms with Crippen LogP contribution in [-0.4, -0.2) is 19.8 Å². The highest BCUT2D eigenvalue weighted by molar-refractivity contribution is 6.78. The lowest BCUT2D eigenvalue weighted by Crippen LogP contribution is -2.42. The van der Waals surface area contributed by atoms with Crippen molar-refractivity contribution >= 4 is 25.9 Å². The van der Waals surface area contributed by atoms with Gasteiger partial charge in [-0.05, 0) is 67.9 Å². The van der Waals surface area contributed by atoms with Crippen molar-refractivity contribution in [2.75, 3.05) is 5.50 Å². The van der Waals surface area contributed by atoms with E-state index >= 15 is 0 Å². The number of allylic oxidation sites excluding steroid dienone is 2. The van der Waals surface area contributed by atoms with E-state index in [9.17, 15) is 4.79 Å². The number of alkyl halides is 1. The van der Waals surface area contributed by atoms with Gasteiger partial charge in [-0.15, -0.1) is 11.6 Å². The normalized spacial score (nSPS) is 47.9. The van der Waals surface area contributed by atoms with E-state index in [1.54, 1.807) is 0 Å². The molecule has 0 aromatic heterocycles. The molecule has 0 aliphatic heterocycles. The van der Waals surface area contributed by atoms with Crippen LogP contribution >= 0.6 is 11.6 Å². The monoisotopic (exact) mass is 310 g/mol. The van der Waals surface area contributed by atoms with Crippen LogP contribution in [0.15, 0.2) is 12.2 Å². The Labute approximate surface area is 127 Å². The second-order valence-electron chi connectivity index (χ2n) is 7.92. The summed E-state index contributed by atoms with van der Waals surface area (Å²) in [5.41, 5.74) is 0.499. The number of carbonyl (C=O) groups excluding carboxylic acids is 1. The van der Waals surface area contributed by atoms with Gasteiger partial charge in [0.1, 0.15) is 0 Å². The minimum atomic E-state index is -1.98. The van der Waals surface area contributed by atoms with Crippen LogP contribution in [0.5, 0.6) is 0 Å². The van der Waals surface area contributed by atoms with Gasteiger partial charge >= 0.3 is 0 Å². The third kappa shape index (κ3) is 1.78. The van der Waals surface area contributed by atoms with Gasteiger partial charge < -0.3 is 4.43 Å². The van der Waals surface area contributed by atoms with Gasteiger partial charge in [0.25, 0.3) is 14.3 Å². The van der Waals surface area contributed by atoms with E-state index < -0.39 is 8.32 Å². The Kier molecular flexibility index (Phi) is 2.92. The van der Waals surface area contributed by atoms with Gasteiger partial charge in [-0.1, -0.05) is 12.2 Å². The zero-order valence-corrected chi connectivity index (χ0v) is 14.0. The van der Waals surface area contributed by atoms with E-state index in [1.807, 2.05) is 13.1 Å². The van der Waals surface area contributed by atoms with Crippen molar-refractivity contribution in [2.24, 2.45) is 41.4 Å². The van der Waals surface area contributed by atoms with Crippen molar-refractivity contribution in [3.8, 4) is 0 Å². The first-order valence-electron chi connectivity index (χ1n) is 7.97. The zero-order valence-electron chi connectivity index (χ0n) is 12.2. The van der Waals surface area contributed by atoms with Crippen LogP contribution in [0.2, 0.25) is 13.1 Å². The number of carbonyl (C=O) groups is 1. The molecular formula is C16H23ClO2Si. The molecule has 20 heavy (non-hydrogen) atoms. The third-order valence-electron chi connectivity index (χ3n) is 6.27. The molecule has 0 saturated heterocycles. The predicted octanol–water partition coefficient (Wildman–Crippen LogP) is 3.61. The van der Waals surface area contributed by atoms with E-state index in [4.69, 9.17) is 16.0 Å². The van der Waals surface area contributed by atoms with Crippen LogP contribution in [-0.2, 0) is 9.22 Å². The van der Waals surface area contributed by atoms with Crippen molar-refractivity contribution in [3.05, 3.63) is 12.2 Å². The van der Waals surface area contributed by atoms with Crippen LogP contribution < -0.4 is 0 Å². The van der Waals surface area contributed by atoms with Crippen LogP contribution in [0.3, 0.4) is 0 Å². The molecule has 0 radical (unpaired) electrons. The molecule has 2 nitrogen and oxygen atoms in total. The summed E-state index contributed by atoms with van der Waals surface area (Å²) >= 11 is 5.94. The largest absolute Gasteiger partial charge is 0.518 e. The van der Waals surface area contributed by atoms with E-state index in [0.717, 1.165) is 36.0 Å². The van der Waals surface area contributed by atoms with E-state index in [-0.39, 0.29) is 11.9 Å². The fourth-order valence-electron chi connectivity index (χ4n) is 5.66. The van der Waals surface area contributed by atoms with Crippen LogP contribution in [0.4, 0.5) is 0 Å². The van der Waals surface area contributed by atoms with Crippen molar-refractivity contribution in [2.45, 2.75) is 32.4 Å². The summed E-state index contributed by atoms with van der Waals surface area (Å²) in [7, 11) is -1.98. The molecule has 4 rings (SSSR count). The molecule has 7 atom stereocenters. The molecule has 4 aliphatic rings. The Bertz CT molecular complexity index is 475. The second kappa shape index (κ2) is 4.36. The van der Waals surface area contributed by atoms with Gasteiger partial charge in [-0.3, -0.25) is 4.79 Å². The lowest BCUT2D eigenvalue weighted by atomic mass is 9.69. The second-order valence-corrected chi connectivity index (χ2v) is 12.7. The topological polar surface area (TPSA) is 26.3 Å². The highest BCUT2D eigenvalue weighted by Gasteiger charge is 2.62. The van der Waals surface area contributed by atoms with Crippen molar-refractivity contribution in [1.82, 2.24) is 0 Å². The molecule has 0 amide bonds. The molecule has 3 fully saturated rings. The maximum absolute atomic E-state index is 12.5. The number of hydrogen-bond donors (Lipinski definition) is 0. The standard InChI is InChI=1S/C16H23ClO2Si/c1-20(2,8-17)19-16(18)13-7-11-6-12(13)15-10-4-3-9(5-10)14(11)15/h3-4,9-15H,5-8H2,1-2H3. The molecule has 0 aromatic rings. The summed E-state index contributed by atoms with van der Waals surface area (Å²) in [5.74, 6) is 4.86. The Morgan fingerprint density at radius 1 is 1.20 bits per heavy atom. The van der Waals surface area contributed by atoms with Gasteiger partial charge in [-0.2, -0.15) is 0 Å². The van der Waals surface area contributed by atoms with E-state index in [2.05, 4.69) is 12.2 Å². The summed E-state index contributed by atoms with van der Waals surface area (Å²) in [5, 5.41) is 0. The fraction of sp³-hybridized carbons (Fsp3) is 0.812. The maximum Gasteiger partial charge on any atom is 0.295 e. The van der Waals surface area contributed by atoms with Crippen LogP contribution in [0.1, 0.15) is 19.3 Å². The van der Waals surface area contributed by atoms with E-state index in [0.29, 0.717) is 11.4 Å². The SMILES string of the molecule is C[Si](C)(CCl)OC(=O)C1CC2CC1C1C3C=CC(C3)C21. The summed E-state index contributed by atoms with van der Waals surface area (Å²) in [4.78, 5) is 12.5. The summed E-state index contributed by atoms with van der Waals surface area (Å²) in [6.07, 6.45) is 8.57. The van der Waals surface area contributed by atoms with Crippen molar-refractivity contribution in [1.29, 1.82) is 0 Å². The summed E-state index contributed by atoms with van der Waals surface area (Å²) < 4.78 is 5.80. The smallest absolute Gasteiger partial charge is 0.295 e. The predicted molar refractivity (Wildman–Crippen MR) is 81.7 cm³/mol. The highest BCUT2D eigenvalue weighted by Crippen LogP contribution is 2.67. The molecule has 0 aromatic carbocycles. The number of fused-ring (bicyclic) bond motifs is 9. The highest BCUT2D eigenvalue weighted by atomic mass is 35.5. The van der Waals surface area contributed by atoms with E-state index in [1.165, 1.54) is 12.8 Å². The fourth-order valence-corrected chi connectivity index (χ4v) is 6.58. The molecule has 110 valence electrons. The Balaban J connectivity index is 1.51. The molecule has 4 bridgehead atoms. The Morgan fingerprint density at radius 2 is 1.90 bits per heavy atom. The first kappa shape index (κ1) is 13.4. The molecule has 4 aliphatic carbocycles. The van der Waals surface area contributed by atoms with Gasteiger partial charge in [-0.25, -0.2) is 0 Å². The summed E-state index contributed by atoms with van der Waals surface area (Å²) in [6, 6.07) is 0. The average Bonchev–Trinajstić information content (AvgIpc) is 3.15. The first-order chi connectivity index (χ1) is 9.50. The molecule has 0 spiro atoms. The first-order valence-corrected chi connectivity index (χ1v) is 11.6. The number of rotatable bonds is 3. The maximum atomic E-state index is 12.5. The minimum Gasteiger partial charge on any atom is -0.518 e. The molecule has 7 unspecified atom stereocenters. The van der Waals surface area contributed by atoms with Gasteiger partial charge in [0.15, 0.2) is 0 Å². The number of hydrogen-bond acceptors (Lipinski definition) is 2. The molecule has 3 saturated carbocycles. The molecular weight excluding hydrogens is 288 g/mol. The van der Waals surface area contributed by atoms with Crippen molar-refractivity contribution < 1.29 is 9.22 Å². The lowest BCUT2D eigenvalue weighted by molar-refractivity contribution is -0.142. The molecule has 4 heteroatoms.